The van der Waals surface area contributed by atoms with Crippen LogP contribution in [0.5, 0.6) is 23.0 Å². The molecule has 0 saturated carbocycles. The van der Waals surface area contributed by atoms with Crippen LogP contribution < -0.4 is 18.9 Å². The van der Waals surface area contributed by atoms with Crippen molar-refractivity contribution in [3.05, 3.63) is 47.5 Å². The predicted molar refractivity (Wildman–Crippen MR) is 110 cm³/mol. The molecule has 0 N–H and O–H groups in total. The SMILES string of the molecule is CCC(C)CC(c1ccc(OC)c(OC)c1)c1ccc(OC(C)=O)c(OC)c1. The number of hydrogen-bond donors (Lipinski definition) is 0. The van der Waals surface area contributed by atoms with Crippen LogP contribution in [0.3, 0.4) is 0 Å². The minimum Gasteiger partial charge on any atom is -0.493 e. The number of carbonyl (C=O) groups is 1. The van der Waals surface area contributed by atoms with Crippen molar-refractivity contribution < 1.29 is 23.7 Å². The molecule has 2 rings (SSSR count). The quantitative estimate of drug-likeness (QED) is 0.438. The fourth-order valence-electron chi connectivity index (χ4n) is 3.24. The van der Waals surface area contributed by atoms with Crippen LogP contribution in [0, 0.1) is 5.92 Å². The smallest absolute Gasteiger partial charge is 0.308 e. The van der Waals surface area contributed by atoms with Crippen LogP contribution in [-0.4, -0.2) is 27.3 Å². The molecular formula is C23H30O5. The molecule has 0 aliphatic rings. The Balaban J connectivity index is 2.50. The Bertz CT molecular complexity index is 800. The second kappa shape index (κ2) is 10.0. The number of esters is 1. The molecule has 0 aliphatic heterocycles. The molecular weight excluding hydrogens is 356 g/mol. The van der Waals surface area contributed by atoms with Crippen molar-refractivity contribution in [1.82, 2.24) is 0 Å². The summed E-state index contributed by atoms with van der Waals surface area (Å²) in [6, 6.07) is 11.8. The fourth-order valence-corrected chi connectivity index (χ4v) is 3.24. The lowest BCUT2D eigenvalue weighted by Crippen LogP contribution is -2.08. The average molecular weight is 386 g/mol. The third-order valence-corrected chi connectivity index (χ3v) is 4.99. The van der Waals surface area contributed by atoms with Gasteiger partial charge in [-0.25, -0.2) is 0 Å². The van der Waals surface area contributed by atoms with Crippen molar-refractivity contribution in [2.45, 2.75) is 39.5 Å². The Labute approximate surface area is 167 Å². The molecule has 28 heavy (non-hydrogen) atoms. The molecule has 0 heterocycles. The maximum atomic E-state index is 11.3. The van der Waals surface area contributed by atoms with Crippen molar-refractivity contribution in [2.24, 2.45) is 5.92 Å². The van der Waals surface area contributed by atoms with Crippen molar-refractivity contribution >= 4 is 5.97 Å². The minimum atomic E-state index is -0.373. The molecule has 5 heteroatoms. The number of hydrogen-bond acceptors (Lipinski definition) is 5. The van der Waals surface area contributed by atoms with Gasteiger partial charge in [-0.05, 0) is 47.7 Å². The van der Waals surface area contributed by atoms with Crippen LogP contribution in [0.2, 0.25) is 0 Å². The molecule has 0 bridgehead atoms. The van der Waals surface area contributed by atoms with Crippen LogP contribution in [0.15, 0.2) is 36.4 Å². The maximum absolute atomic E-state index is 11.3. The number of ether oxygens (including phenoxy) is 4. The molecule has 0 aromatic heterocycles. The molecule has 0 aliphatic carbocycles. The number of rotatable bonds is 9. The van der Waals surface area contributed by atoms with Gasteiger partial charge in [0.1, 0.15) is 0 Å². The van der Waals surface area contributed by atoms with Crippen molar-refractivity contribution in [3.8, 4) is 23.0 Å². The number of benzene rings is 2. The first-order chi connectivity index (χ1) is 13.4. The summed E-state index contributed by atoms with van der Waals surface area (Å²) in [6.07, 6.45) is 2.06. The van der Waals surface area contributed by atoms with Crippen molar-refractivity contribution in [2.75, 3.05) is 21.3 Å². The lowest BCUT2D eigenvalue weighted by molar-refractivity contribution is -0.132. The molecule has 2 aromatic rings. The summed E-state index contributed by atoms with van der Waals surface area (Å²) in [7, 11) is 4.85. The fraction of sp³-hybridized carbons (Fsp3) is 0.435. The van der Waals surface area contributed by atoms with E-state index >= 15 is 0 Å². The molecule has 0 amide bonds. The van der Waals surface area contributed by atoms with Crippen LogP contribution in [-0.2, 0) is 4.79 Å². The van der Waals surface area contributed by atoms with Crippen LogP contribution >= 0.6 is 0 Å². The van der Waals surface area contributed by atoms with E-state index in [1.165, 1.54) is 6.92 Å². The van der Waals surface area contributed by atoms with Gasteiger partial charge in [-0.3, -0.25) is 4.79 Å². The van der Waals surface area contributed by atoms with E-state index < -0.39 is 0 Å². The van der Waals surface area contributed by atoms with Gasteiger partial charge in [0.05, 0.1) is 21.3 Å². The van der Waals surface area contributed by atoms with Crippen LogP contribution in [0.1, 0.15) is 50.7 Å². The third-order valence-electron chi connectivity index (χ3n) is 4.99. The normalized spacial score (nSPS) is 12.8. The Morgan fingerprint density at radius 1 is 0.857 bits per heavy atom. The van der Waals surface area contributed by atoms with Crippen LogP contribution in [0.4, 0.5) is 0 Å². The molecule has 0 radical (unpaired) electrons. The maximum Gasteiger partial charge on any atom is 0.308 e. The van der Waals surface area contributed by atoms with E-state index in [9.17, 15) is 4.79 Å². The van der Waals surface area contributed by atoms with E-state index in [1.807, 2.05) is 24.3 Å². The largest absolute Gasteiger partial charge is 0.493 e. The zero-order valence-electron chi connectivity index (χ0n) is 17.6. The van der Waals surface area contributed by atoms with Gasteiger partial charge in [-0.2, -0.15) is 0 Å². The lowest BCUT2D eigenvalue weighted by atomic mass is 9.83. The first-order valence-corrected chi connectivity index (χ1v) is 9.51. The highest BCUT2D eigenvalue weighted by Gasteiger charge is 2.21. The Kier molecular flexibility index (Phi) is 7.73. The second-order valence-corrected chi connectivity index (χ2v) is 6.92. The first-order valence-electron chi connectivity index (χ1n) is 9.51. The first kappa shape index (κ1) is 21.6. The Morgan fingerprint density at radius 2 is 1.36 bits per heavy atom. The highest BCUT2D eigenvalue weighted by Crippen LogP contribution is 2.39. The standard InChI is InChI=1S/C23H30O5/c1-7-15(2)12-19(17-8-10-20(25-4)22(13-17)26-5)18-9-11-21(28-16(3)24)23(14-18)27-6/h8-11,13-15,19H,7,12H2,1-6H3. The van der Waals surface area contributed by atoms with Gasteiger partial charge >= 0.3 is 5.97 Å². The molecule has 0 spiro atoms. The lowest BCUT2D eigenvalue weighted by Gasteiger charge is -2.23. The molecule has 2 atom stereocenters. The summed E-state index contributed by atoms with van der Waals surface area (Å²) in [4.78, 5) is 11.3. The van der Waals surface area contributed by atoms with Gasteiger partial charge in [0.15, 0.2) is 23.0 Å². The van der Waals surface area contributed by atoms with Crippen LogP contribution in [0.25, 0.3) is 0 Å². The molecule has 5 nitrogen and oxygen atoms in total. The van der Waals surface area contributed by atoms with E-state index in [0.29, 0.717) is 28.9 Å². The van der Waals surface area contributed by atoms with Gasteiger partial charge < -0.3 is 18.9 Å². The number of carbonyl (C=O) groups excluding carboxylic acids is 1. The summed E-state index contributed by atoms with van der Waals surface area (Å²) >= 11 is 0. The van der Waals surface area contributed by atoms with E-state index in [1.54, 1.807) is 27.4 Å². The van der Waals surface area contributed by atoms with Crippen molar-refractivity contribution in [1.29, 1.82) is 0 Å². The average Bonchev–Trinajstić information content (AvgIpc) is 2.71. The molecule has 2 unspecified atom stereocenters. The molecule has 0 saturated heterocycles. The van der Waals surface area contributed by atoms with Gasteiger partial charge in [-0.1, -0.05) is 32.4 Å². The number of methoxy groups -OCH3 is 3. The summed E-state index contributed by atoms with van der Waals surface area (Å²) in [5.41, 5.74) is 2.24. The summed E-state index contributed by atoms with van der Waals surface area (Å²) in [5, 5.41) is 0. The zero-order chi connectivity index (χ0) is 20.7. The van der Waals surface area contributed by atoms with E-state index in [-0.39, 0.29) is 11.9 Å². The summed E-state index contributed by atoms with van der Waals surface area (Å²) in [5.74, 6) is 2.69. The molecule has 152 valence electrons. The summed E-state index contributed by atoms with van der Waals surface area (Å²) in [6.45, 7) is 5.82. The van der Waals surface area contributed by atoms with Gasteiger partial charge in [0.2, 0.25) is 0 Å². The van der Waals surface area contributed by atoms with E-state index in [2.05, 4.69) is 19.9 Å². The van der Waals surface area contributed by atoms with Gasteiger partial charge in [-0.15, -0.1) is 0 Å². The summed E-state index contributed by atoms with van der Waals surface area (Å²) < 4.78 is 21.6. The van der Waals surface area contributed by atoms with Gasteiger partial charge in [0, 0.05) is 12.8 Å². The zero-order valence-corrected chi connectivity index (χ0v) is 17.6. The topological polar surface area (TPSA) is 54.0 Å². The van der Waals surface area contributed by atoms with Crippen molar-refractivity contribution in [3.63, 3.8) is 0 Å². The Hall–Kier alpha value is -2.69. The van der Waals surface area contributed by atoms with E-state index in [0.717, 1.165) is 24.0 Å². The highest BCUT2D eigenvalue weighted by molar-refractivity contribution is 5.70. The third kappa shape index (κ3) is 5.18. The molecule has 0 fully saturated rings. The Morgan fingerprint density at radius 3 is 1.82 bits per heavy atom. The predicted octanol–water partition coefficient (Wildman–Crippen LogP) is 5.21. The van der Waals surface area contributed by atoms with Gasteiger partial charge in [0.25, 0.3) is 0 Å². The minimum absolute atomic E-state index is 0.148. The second-order valence-electron chi connectivity index (χ2n) is 6.92. The van der Waals surface area contributed by atoms with E-state index in [4.69, 9.17) is 18.9 Å². The molecule has 2 aromatic carbocycles. The highest BCUT2D eigenvalue weighted by atomic mass is 16.6. The monoisotopic (exact) mass is 386 g/mol.